The summed E-state index contributed by atoms with van der Waals surface area (Å²) in [5.74, 6) is 0.232. The number of nitrogens with zero attached hydrogens (tertiary/aromatic N) is 3. The molecule has 4 aromatic rings. The molecule has 1 aromatic heterocycles. The third-order valence-electron chi connectivity index (χ3n) is 12.4. The normalized spacial score (nSPS) is 20.6. The molecule has 2 amide bonds. The Bertz CT molecular complexity index is 2070. The van der Waals surface area contributed by atoms with Crippen molar-refractivity contribution in [3.8, 4) is 5.75 Å². The molecule has 57 heavy (non-hydrogen) atoms. The first kappa shape index (κ1) is 40.2. The molecule has 5 heterocycles. The van der Waals surface area contributed by atoms with E-state index in [-0.39, 0.29) is 41.7 Å². The van der Waals surface area contributed by atoms with E-state index in [0.29, 0.717) is 92.8 Å². The third-order valence-corrected chi connectivity index (χ3v) is 12.4. The van der Waals surface area contributed by atoms with Crippen molar-refractivity contribution < 1.29 is 29.3 Å². The molecule has 4 N–H and O–H groups in total. The lowest BCUT2D eigenvalue weighted by Gasteiger charge is -2.46. The SMILES string of the molecule is CCN(CCCNCC(O)c1ccc(O)c2[nH]c(=O)ccc12)C(=O)c1ccc(CCC(=O)N2CCC(C(=O)O[C@H]3CN4CCC3CC4)(c3ccccc3)CC2)cc1. The highest BCUT2D eigenvalue weighted by Crippen LogP contribution is 2.39. The zero-order valence-corrected chi connectivity index (χ0v) is 32.8. The number of phenols is 1. The van der Waals surface area contributed by atoms with Crippen LogP contribution in [0.15, 0.2) is 83.7 Å². The van der Waals surface area contributed by atoms with Crippen LogP contribution in [0.1, 0.15) is 78.6 Å². The van der Waals surface area contributed by atoms with Gasteiger partial charge in [-0.3, -0.25) is 24.1 Å². The molecule has 8 rings (SSSR count). The van der Waals surface area contributed by atoms with Gasteiger partial charge in [0, 0.05) is 62.7 Å². The number of hydrogen-bond acceptors (Lipinski definition) is 9. The Hall–Kier alpha value is -5.04. The second kappa shape index (κ2) is 18.0. The van der Waals surface area contributed by atoms with Crippen molar-refractivity contribution >= 4 is 28.7 Å². The van der Waals surface area contributed by atoms with E-state index >= 15 is 0 Å². The summed E-state index contributed by atoms with van der Waals surface area (Å²) in [7, 11) is 0. The number of aliphatic hydroxyl groups excluding tert-OH is 1. The number of phenolic OH excluding ortho intramolecular Hbond substituents is 1. The van der Waals surface area contributed by atoms with Crippen LogP contribution < -0.4 is 10.9 Å². The van der Waals surface area contributed by atoms with Gasteiger partial charge in [-0.15, -0.1) is 0 Å². The van der Waals surface area contributed by atoms with Crippen LogP contribution in [-0.2, 0) is 26.2 Å². The molecule has 1 unspecified atom stereocenters. The first-order valence-corrected chi connectivity index (χ1v) is 20.5. The van der Waals surface area contributed by atoms with E-state index in [1.54, 1.807) is 17.0 Å². The summed E-state index contributed by atoms with van der Waals surface area (Å²) >= 11 is 0. The molecule has 12 nitrogen and oxygen atoms in total. The molecule has 302 valence electrons. The molecule has 0 aliphatic carbocycles. The number of aromatic amines is 1. The number of carbonyl (C=O) groups is 3. The minimum atomic E-state index is -0.856. The van der Waals surface area contributed by atoms with Crippen LogP contribution >= 0.6 is 0 Å². The summed E-state index contributed by atoms with van der Waals surface area (Å²) in [6.45, 7) is 7.87. The van der Waals surface area contributed by atoms with Gasteiger partial charge in [0.05, 0.1) is 17.0 Å². The minimum absolute atomic E-state index is 0.0550. The topological polar surface area (TPSA) is 156 Å². The van der Waals surface area contributed by atoms with Gasteiger partial charge in [-0.25, -0.2) is 0 Å². The molecule has 3 aromatic carbocycles. The smallest absolute Gasteiger partial charge is 0.317 e. The molecule has 0 spiro atoms. The average molecular weight is 778 g/mol. The molecule has 12 heteroatoms. The van der Waals surface area contributed by atoms with Crippen molar-refractivity contribution in [2.45, 2.75) is 69.5 Å². The third kappa shape index (κ3) is 9.08. The Labute approximate surface area is 333 Å². The summed E-state index contributed by atoms with van der Waals surface area (Å²) in [6, 6.07) is 23.5. The van der Waals surface area contributed by atoms with Crippen molar-refractivity contribution in [2.24, 2.45) is 5.92 Å². The predicted molar refractivity (Wildman–Crippen MR) is 218 cm³/mol. The summed E-state index contributed by atoms with van der Waals surface area (Å²) in [5, 5.41) is 24.8. The van der Waals surface area contributed by atoms with Gasteiger partial charge in [0.15, 0.2) is 0 Å². The molecule has 2 atom stereocenters. The van der Waals surface area contributed by atoms with Gasteiger partial charge >= 0.3 is 5.97 Å². The highest BCUT2D eigenvalue weighted by molar-refractivity contribution is 5.94. The molecule has 0 radical (unpaired) electrons. The Kier molecular flexibility index (Phi) is 12.7. The molecule has 4 saturated heterocycles. The Morgan fingerprint density at radius 1 is 0.965 bits per heavy atom. The van der Waals surface area contributed by atoms with E-state index in [9.17, 15) is 29.4 Å². The van der Waals surface area contributed by atoms with Gasteiger partial charge in [-0.1, -0.05) is 48.5 Å². The van der Waals surface area contributed by atoms with Crippen molar-refractivity contribution in [1.82, 2.24) is 25.0 Å². The number of pyridine rings is 1. The number of aryl methyl sites for hydroxylation is 1. The molecule has 4 aliphatic rings. The number of aromatic nitrogens is 1. The van der Waals surface area contributed by atoms with Crippen LogP contribution in [0.3, 0.4) is 0 Å². The Balaban J connectivity index is 0.857. The highest BCUT2D eigenvalue weighted by Gasteiger charge is 2.47. The number of aliphatic hydroxyl groups is 1. The van der Waals surface area contributed by atoms with Crippen molar-refractivity contribution in [1.29, 1.82) is 0 Å². The number of esters is 1. The van der Waals surface area contributed by atoms with E-state index in [1.807, 2.05) is 66.4 Å². The fraction of sp³-hybridized carbons (Fsp3) is 0.467. The van der Waals surface area contributed by atoms with Gasteiger partial charge in [-0.2, -0.15) is 0 Å². The van der Waals surface area contributed by atoms with Gasteiger partial charge in [-0.05, 0) is 112 Å². The number of nitrogens with one attached hydrogen (secondary N) is 2. The van der Waals surface area contributed by atoms with Crippen LogP contribution in [0.2, 0.25) is 0 Å². The van der Waals surface area contributed by atoms with Crippen molar-refractivity contribution in [3.63, 3.8) is 0 Å². The Morgan fingerprint density at radius 2 is 1.70 bits per heavy atom. The number of benzene rings is 3. The lowest BCUT2D eigenvalue weighted by molar-refractivity contribution is -0.168. The summed E-state index contributed by atoms with van der Waals surface area (Å²) < 4.78 is 6.30. The molecular formula is C45H55N5O7. The second-order valence-corrected chi connectivity index (χ2v) is 15.9. The number of H-pyrrole nitrogens is 1. The minimum Gasteiger partial charge on any atom is -0.506 e. The fourth-order valence-electron chi connectivity index (χ4n) is 8.90. The van der Waals surface area contributed by atoms with Gasteiger partial charge in [0.25, 0.3) is 5.91 Å². The number of carbonyl (C=O) groups excluding carboxylic acids is 3. The summed E-state index contributed by atoms with van der Waals surface area (Å²) in [4.78, 5) is 61.2. The number of aromatic hydroxyl groups is 1. The molecule has 2 bridgehead atoms. The Morgan fingerprint density at radius 3 is 2.39 bits per heavy atom. The monoisotopic (exact) mass is 777 g/mol. The maximum Gasteiger partial charge on any atom is 0.317 e. The van der Waals surface area contributed by atoms with E-state index in [4.69, 9.17) is 4.74 Å². The number of piperidine rings is 4. The van der Waals surface area contributed by atoms with Gasteiger partial charge in [0.1, 0.15) is 11.9 Å². The number of rotatable bonds is 15. The lowest BCUT2D eigenvalue weighted by atomic mass is 9.72. The first-order valence-electron chi connectivity index (χ1n) is 20.5. The van der Waals surface area contributed by atoms with Crippen molar-refractivity contribution in [2.75, 3.05) is 58.9 Å². The second-order valence-electron chi connectivity index (χ2n) is 15.9. The van der Waals surface area contributed by atoms with Crippen LogP contribution in [-0.4, -0.2) is 113 Å². The van der Waals surface area contributed by atoms with Crippen LogP contribution in [0.25, 0.3) is 10.9 Å². The maximum absolute atomic E-state index is 14.0. The van der Waals surface area contributed by atoms with E-state index in [2.05, 4.69) is 15.2 Å². The number of hydrogen-bond donors (Lipinski definition) is 4. The number of fused-ring (bicyclic) bond motifs is 4. The molecule has 4 fully saturated rings. The van der Waals surface area contributed by atoms with Crippen LogP contribution in [0.4, 0.5) is 0 Å². The summed E-state index contributed by atoms with van der Waals surface area (Å²) in [5.41, 5.74) is 2.34. The fourth-order valence-corrected chi connectivity index (χ4v) is 8.90. The van der Waals surface area contributed by atoms with E-state index in [0.717, 1.165) is 43.6 Å². The van der Waals surface area contributed by atoms with Crippen LogP contribution in [0, 0.1) is 5.92 Å². The summed E-state index contributed by atoms with van der Waals surface area (Å²) in [6.07, 6.45) is 3.90. The standard InChI is InChI=1S/C45H55N5O7/c1-2-49(24-6-23-46-29-38(52)35-14-16-37(51)42-36(35)15-17-40(53)47-42)43(55)33-12-9-31(10-13-33)11-18-41(54)50-27-21-45(22-28-50,34-7-4-3-5-8-34)44(56)57-39-30-48-25-19-32(39)20-26-48/h3-5,7-10,12-17,32,38-39,46,51-52H,2,6,11,18-30H2,1H3,(H,47,53)/t38?,39-/m0/s1. The van der Waals surface area contributed by atoms with Gasteiger partial charge in [0.2, 0.25) is 11.5 Å². The van der Waals surface area contributed by atoms with Crippen molar-refractivity contribution in [3.05, 3.63) is 111 Å². The molecular weight excluding hydrogens is 723 g/mol. The largest absolute Gasteiger partial charge is 0.506 e. The number of amides is 2. The molecule has 4 aliphatic heterocycles. The zero-order valence-electron chi connectivity index (χ0n) is 32.8. The lowest BCUT2D eigenvalue weighted by Crippen LogP contribution is -2.55. The maximum atomic E-state index is 14.0. The van der Waals surface area contributed by atoms with Crippen LogP contribution in [0.5, 0.6) is 5.75 Å². The first-order chi connectivity index (χ1) is 27.6. The highest BCUT2D eigenvalue weighted by atomic mass is 16.5. The zero-order chi connectivity index (χ0) is 39.9. The van der Waals surface area contributed by atoms with E-state index in [1.165, 1.54) is 12.1 Å². The quantitative estimate of drug-likeness (QED) is 0.101. The van der Waals surface area contributed by atoms with E-state index < -0.39 is 11.5 Å². The predicted octanol–water partition coefficient (Wildman–Crippen LogP) is 4.54. The van der Waals surface area contributed by atoms with Gasteiger partial charge < -0.3 is 35.1 Å². The number of ether oxygens (including phenoxy) is 1. The molecule has 0 saturated carbocycles. The number of likely N-dealkylation sites (tertiary alicyclic amines) is 1. The average Bonchev–Trinajstić information content (AvgIpc) is 3.25.